The lowest BCUT2D eigenvalue weighted by molar-refractivity contribution is -0.159. The standard InChI is InChI=1S/C24H25N3O4S/c1-3-24(4-2,13-21-26-17-10-6-8-12-19(17)32-21)23(30)31-15-22(29)27-14-20(28)25-16-9-5-7-11-18(16)27/h5-12H,3-4,13-15H2,1-2H3,(H,25,28). The number of anilines is 2. The van der Waals surface area contributed by atoms with Gasteiger partial charge in [0.05, 0.1) is 32.0 Å². The Morgan fingerprint density at radius 2 is 1.84 bits per heavy atom. The first kappa shape index (κ1) is 22.0. The number of nitrogens with one attached hydrogen (secondary N) is 1. The molecule has 1 aromatic heterocycles. The number of para-hydroxylation sites is 3. The van der Waals surface area contributed by atoms with Crippen molar-refractivity contribution in [1.82, 2.24) is 4.98 Å². The van der Waals surface area contributed by atoms with Gasteiger partial charge >= 0.3 is 5.97 Å². The molecule has 0 aliphatic carbocycles. The number of nitrogens with zero attached hydrogens (tertiary/aromatic N) is 2. The Balaban J connectivity index is 1.47. The zero-order chi connectivity index (χ0) is 22.7. The van der Waals surface area contributed by atoms with Gasteiger partial charge in [0.15, 0.2) is 6.61 Å². The lowest BCUT2D eigenvalue weighted by atomic mass is 9.79. The van der Waals surface area contributed by atoms with Crippen LogP contribution in [0.2, 0.25) is 0 Å². The summed E-state index contributed by atoms with van der Waals surface area (Å²) in [5, 5.41) is 3.62. The van der Waals surface area contributed by atoms with E-state index in [2.05, 4.69) is 10.3 Å². The molecule has 0 fully saturated rings. The summed E-state index contributed by atoms with van der Waals surface area (Å²) in [5.74, 6) is -1.12. The minimum atomic E-state index is -0.759. The summed E-state index contributed by atoms with van der Waals surface area (Å²) >= 11 is 1.57. The van der Waals surface area contributed by atoms with Crippen LogP contribution in [0, 0.1) is 5.41 Å². The van der Waals surface area contributed by atoms with Crippen molar-refractivity contribution in [2.45, 2.75) is 33.1 Å². The van der Waals surface area contributed by atoms with Gasteiger partial charge < -0.3 is 10.1 Å². The first-order valence-corrected chi connectivity index (χ1v) is 11.5. The molecule has 166 valence electrons. The Kier molecular flexibility index (Phi) is 6.23. The highest BCUT2D eigenvalue weighted by atomic mass is 32.1. The average molecular weight is 452 g/mol. The van der Waals surface area contributed by atoms with Crippen LogP contribution in [0.5, 0.6) is 0 Å². The molecule has 4 rings (SSSR count). The third kappa shape index (κ3) is 4.23. The van der Waals surface area contributed by atoms with Crippen molar-refractivity contribution in [3.63, 3.8) is 0 Å². The van der Waals surface area contributed by atoms with E-state index in [1.807, 2.05) is 38.1 Å². The first-order chi connectivity index (χ1) is 15.5. The predicted molar refractivity (Wildman–Crippen MR) is 125 cm³/mol. The van der Waals surface area contributed by atoms with Crippen molar-refractivity contribution in [2.75, 3.05) is 23.4 Å². The molecule has 0 atom stereocenters. The van der Waals surface area contributed by atoms with Crippen molar-refractivity contribution >= 4 is 50.7 Å². The van der Waals surface area contributed by atoms with Crippen LogP contribution in [0.4, 0.5) is 11.4 Å². The van der Waals surface area contributed by atoms with Gasteiger partial charge in [0.25, 0.3) is 5.91 Å². The number of benzene rings is 2. The number of amides is 2. The van der Waals surface area contributed by atoms with Crippen LogP contribution in [0.15, 0.2) is 48.5 Å². The fourth-order valence-electron chi connectivity index (χ4n) is 3.96. The lowest BCUT2D eigenvalue weighted by Crippen LogP contribution is -2.45. The molecular weight excluding hydrogens is 426 g/mol. The van der Waals surface area contributed by atoms with Crippen LogP contribution in [0.1, 0.15) is 31.7 Å². The molecule has 0 radical (unpaired) electrons. The van der Waals surface area contributed by atoms with Crippen LogP contribution in [-0.2, 0) is 25.5 Å². The molecule has 0 saturated carbocycles. The van der Waals surface area contributed by atoms with Crippen molar-refractivity contribution < 1.29 is 19.1 Å². The van der Waals surface area contributed by atoms with E-state index >= 15 is 0 Å². The van der Waals surface area contributed by atoms with Gasteiger partial charge in [-0.3, -0.25) is 19.3 Å². The second-order valence-corrected chi connectivity index (χ2v) is 8.98. The van der Waals surface area contributed by atoms with E-state index < -0.39 is 23.9 Å². The minimum Gasteiger partial charge on any atom is -0.455 e. The van der Waals surface area contributed by atoms with Gasteiger partial charge in [-0.2, -0.15) is 0 Å². The molecule has 0 bridgehead atoms. The Labute approximate surface area is 190 Å². The molecule has 3 aromatic rings. The van der Waals surface area contributed by atoms with Gasteiger partial charge in [0, 0.05) is 6.42 Å². The molecule has 0 unspecified atom stereocenters. The highest BCUT2D eigenvalue weighted by Gasteiger charge is 2.38. The Bertz CT molecular complexity index is 1140. The molecule has 1 aliphatic heterocycles. The van der Waals surface area contributed by atoms with E-state index in [0.29, 0.717) is 30.6 Å². The first-order valence-electron chi connectivity index (χ1n) is 10.7. The monoisotopic (exact) mass is 451 g/mol. The van der Waals surface area contributed by atoms with Gasteiger partial charge in [-0.25, -0.2) is 4.98 Å². The normalized spacial score (nSPS) is 13.6. The molecule has 2 aromatic carbocycles. The fourth-order valence-corrected chi connectivity index (χ4v) is 5.07. The summed E-state index contributed by atoms with van der Waals surface area (Å²) < 4.78 is 6.59. The van der Waals surface area contributed by atoms with Gasteiger partial charge in [0.1, 0.15) is 6.54 Å². The second-order valence-electron chi connectivity index (χ2n) is 7.86. The van der Waals surface area contributed by atoms with Crippen LogP contribution in [-0.4, -0.2) is 35.9 Å². The number of hydrogen-bond donors (Lipinski definition) is 1. The summed E-state index contributed by atoms with van der Waals surface area (Å²) in [7, 11) is 0. The number of esters is 1. The van der Waals surface area contributed by atoms with E-state index in [1.165, 1.54) is 4.90 Å². The van der Waals surface area contributed by atoms with Crippen LogP contribution < -0.4 is 10.2 Å². The molecule has 7 nitrogen and oxygen atoms in total. The van der Waals surface area contributed by atoms with E-state index in [0.717, 1.165) is 15.2 Å². The van der Waals surface area contributed by atoms with Gasteiger partial charge in [-0.1, -0.05) is 38.1 Å². The maximum atomic E-state index is 13.1. The molecule has 2 heterocycles. The third-order valence-electron chi connectivity index (χ3n) is 6.01. The van der Waals surface area contributed by atoms with Crippen LogP contribution >= 0.6 is 11.3 Å². The molecule has 2 amide bonds. The number of ether oxygens (including phenoxy) is 1. The van der Waals surface area contributed by atoms with Crippen molar-refractivity contribution in [3.8, 4) is 0 Å². The SMILES string of the molecule is CCC(CC)(Cc1nc2ccccc2s1)C(=O)OCC(=O)N1CC(=O)Nc2ccccc21. The summed E-state index contributed by atoms with van der Waals surface area (Å²) in [5.41, 5.74) is 1.32. The maximum absolute atomic E-state index is 13.1. The smallest absolute Gasteiger partial charge is 0.312 e. The van der Waals surface area contributed by atoms with E-state index in [-0.39, 0.29) is 12.5 Å². The van der Waals surface area contributed by atoms with Crippen molar-refractivity contribution in [3.05, 3.63) is 53.5 Å². The van der Waals surface area contributed by atoms with Gasteiger partial charge in [-0.15, -0.1) is 11.3 Å². The lowest BCUT2D eigenvalue weighted by Gasteiger charge is -2.31. The number of fused-ring (bicyclic) bond motifs is 2. The summed E-state index contributed by atoms with van der Waals surface area (Å²) in [4.78, 5) is 44.0. The third-order valence-corrected chi connectivity index (χ3v) is 7.05. The largest absolute Gasteiger partial charge is 0.455 e. The van der Waals surface area contributed by atoms with E-state index in [1.54, 1.807) is 35.6 Å². The number of carbonyl (C=O) groups excluding carboxylic acids is 3. The summed E-state index contributed by atoms with van der Waals surface area (Å²) in [6.07, 6.45) is 1.60. The molecule has 1 N–H and O–H groups in total. The van der Waals surface area contributed by atoms with Gasteiger partial charge in [0.2, 0.25) is 5.91 Å². The highest BCUT2D eigenvalue weighted by Crippen LogP contribution is 2.35. The van der Waals surface area contributed by atoms with Crippen molar-refractivity contribution in [1.29, 1.82) is 0 Å². The molecule has 0 spiro atoms. The topological polar surface area (TPSA) is 88.6 Å². The molecular formula is C24H25N3O4S. The number of hydrogen-bond acceptors (Lipinski definition) is 6. The van der Waals surface area contributed by atoms with Gasteiger partial charge in [-0.05, 0) is 37.1 Å². The molecule has 1 aliphatic rings. The van der Waals surface area contributed by atoms with Crippen LogP contribution in [0.3, 0.4) is 0 Å². The fraction of sp³-hybridized carbons (Fsp3) is 0.333. The van der Waals surface area contributed by atoms with Crippen molar-refractivity contribution in [2.24, 2.45) is 5.41 Å². The summed E-state index contributed by atoms with van der Waals surface area (Å²) in [6.45, 7) is 3.38. The highest BCUT2D eigenvalue weighted by molar-refractivity contribution is 7.18. The minimum absolute atomic E-state index is 0.105. The second kappa shape index (κ2) is 9.08. The molecule has 32 heavy (non-hydrogen) atoms. The Hall–Kier alpha value is -3.26. The zero-order valence-corrected chi connectivity index (χ0v) is 18.9. The zero-order valence-electron chi connectivity index (χ0n) is 18.1. The number of carbonyl (C=O) groups is 3. The average Bonchev–Trinajstić information content (AvgIpc) is 3.22. The summed E-state index contributed by atoms with van der Waals surface area (Å²) in [6, 6.07) is 14.9. The quantitative estimate of drug-likeness (QED) is 0.545. The maximum Gasteiger partial charge on any atom is 0.312 e. The number of rotatable bonds is 7. The predicted octanol–water partition coefficient (Wildman–Crippen LogP) is 4.17. The van der Waals surface area contributed by atoms with E-state index in [4.69, 9.17) is 4.74 Å². The van der Waals surface area contributed by atoms with E-state index in [9.17, 15) is 14.4 Å². The Morgan fingerprint density at radius 1 is 1.12 bits per heavy atom. The molecule has 0 saturated heterocycles. The van der Waals surface area contributed by atoms with Crippen LogP contribution in [0.25, 0.3) is 10.2 Å². The number of aromatic nitrogens is 1. The molecule has 8 heteroatoms. The number of thiazole rings is 1. The Morgan fingerprint density at radius 3 is 2.59 bits per heavy atom.